The maximum absolute atomic E-state index is 7.79. The summed E-state index contributed by atoms with van der Waals surface area (Å²) < 4.78 is 2.32. The lowest BCUT2D eigenvalue weighted by Gasteiger charge is -2.38. The molecule has 1 aromatic heterocycles. The topological polar surface area (TPSA) is 43.8 Å². The van der Waals surface area contributed by atoms with Crippen LogP contribution in [0.5, 0.6) is 0 Å². The molecular formula is C37H41N3. The van der Waals surface area contributed by atoms with E-state index in [-0.39, 0.29) is 5.92 Å². The van der Waals surface area contributed by atoms with Crippen LogP contribution in [0.2, 0.25) is 0 Å². The Hall–Kier alpha value is -3.95. The van der Waals surface area contributed by atoms with Crippen LogP contribution in [0.25, 0.3) is 11.3 Å². The van der Waals surface area contributed by atoms with E-state index in [0.29, 0.717) is 0 Å². The Morgan fingerprint density at radius 2 is 1.25 bits per heavy atom. The molecule has 1 heterocycles. The molecule has 4 aromatic carbocycles. The third-order valence-electron chi connectivity index (χ3n) is 8.01. The number of nitrogens with zero attached hydrogens (tertiary/aromatic N) is 2. The molecule has 0 saturated carbocycles. The van der Waals surface area contributed by atoms with Crippen molar-refractivity contribution in [2.45, 2.75) is 57.5 Å². The molecule has 0 aliphatic carbocycles. The Bertz CT molecular complexity index is 1430. The van der Waals surface area contributed by atoms with Gasteiger partial charge in [-0.15, -0.1) is 0 Å². The summed E-state index contributed by atoms with van der Waals surface area (Å²) in [4.78, 5) is 5.37. The average Bonchev–Trinajstić information content (AvgIpc) is 3.43. The molecule has 0 amide bonds. The van der Waals surface area contributed by atoms with E-state index in [9.17, 15) is 0 Å². The fourth-order valence-electron chi connectivity index (χ4n) is 5.86. The van der Waals surface area contributed by atoms with Crippen LogP contribution in [-0.4, -0.2) is 9.55 Å². The minimum absolute atomic E-state index is 0.224. The molecule has 2 atom stereocenters. The van der Waals surface area contributed by atoms with E-state index in [4.69, 9.17) is 10.7 Å². The normalized spacial score (nSPS) is 13.6. The van der Waals surface area contributed by atoms with Crippen molar-refractivity contribution in [3.05, 3.63) is 150 Å². The molecule has 2 unspecified atom stereocenters. The molecule has 0 fully saturated rings. The molecular weight excluding hydrogens is 486 g/mol. The molecule has 5 aromatic rings. The molecule has 0 saturated heterocycles. The van der Waals surface area contributed by atoms with Gasteiger partial charge in [0.05, 0.1) is 11.2 Å². The van der Waals surface area contributed by atoms with E-state index in [1.165, 1.54) is 29.5 Å². The van der Waals surface area contributed by atoms with Gasteiger partial charge in [0, 0.05) is 18.3 Å². The van der Waals surface area contributed by atoms with Crippen molar-refractivity contribution in [1.29, 1.82) is 0 Å². The van der Waals surface area contributed by atoms with Gasteiger partial charge in [0.15, 0.2) is 0 Å². The van der Waals surface area contributed by atoms with Crippen LogP contribution >= 0.6 is 0 Å². The highest BCUT2D eigenvalue weighted by atomic mass is 15.1. The SMILES string of the molecule is CCCCCC(Cc1ccccc1)C(N)(Cc1ccccc1)c1nc(-c2ccccc2)cn1Cc1ccccc1. The van der Waals surface area contributed by atoms with Gasteiger partial charge in [0.1, 0.15) is 5.82 Å². The number of benzene rings is 4. The van der Waals surface area contributed by atoms with E-state index in [2.05, 4.69) is 139 Å². The fourth-order valence-corrected chi connectivity index (χ4v) is 5.86. The predicted octanol–water partition coefficient (Wildman–Crippen LogP) is 8.43. The molecule has 3 heteroatoms. The van der Waals surface area contributed by atoms with Crippen molar-refractivity contribution in [3.63, 3.8) is 0 Å². The fraction of sp³-hybridized carbons (Fsp3) is 0.270. The summed E-state index contributed by atoms with van der Waals surface area (Å²) in [5, 5.41) is 0. The van der Waals surface area contributed by atoms with Crippen molar-refractivity contribution < 1.29 is 0 Å². The molecule has 0 spiro atoms. The van der Waals surface area contributed by atoms with Crippen molar-refractivity contribution in [1.82, 2.24) is 9.55 Å². The summed E-state index contributed by atoms with van der Waals surface area (Å²) in [5.41, 5.74) is 13.0. The first-order chi connectivity index (χ1) is 19.7. The van der Waals surface area contributed by atoms with Crippen LogP contribution < -0.4 is 5.73 Å². The van der Waals surface area contributed by atoms with Gasteiger partial charge >= 0.3 is 0 Å². The third kappa shape index (κ3) is 6.78. The summed E-state index contributed by atoms with van der Waals surface area (Å²) >= 11 is 0. The van der Waals surface area contributed by atoms with Gasteiger partial charge in [-0.2, -0.15) is 0 Å². The zero-order valence-corrected chi connectivity index (χ0v) is 23.6. The molecule has 0 aliphatic rings. The molecule has 0 radical (unpaired) electrons. The minimum atomic E-state index is -0.660. The Morgan fingerprint density at radius 3 is 1.85 bits per heavy atom. The standard InChI is InChI=1S/C37H41N3/c1-2-3-8-25-34(26-30-17-9-4-10-18-30)37(38,27-31-19-11-5-12-20-31)36-39-35(33-23-15-7-16-24-33)29-40(36)28-32-21-13-6-14-22-32/h4-7,9-24,29,34H,2-3,8,25-28,38H2,1H3. The summed E-state index contributed by atoms with van der Waals surface area (Å²) in [6.45, 7) is 3.00. The van der Waals surface area contributed by atoms with Gasteiger partial charge in [-0.1, -0.05) is 148 Å². The second-order valence-electron chi connectivity index (χ2n) is 11.0. The van der Waals surface area contributed by atoms with Crippen LogP contribution in [0.3, 0.4) is 0 Å². The van der Waals surface area contributed by atoms with Crippen LogP contribution in [-0.2, 0) is 24.9 Å². The zero-order valence-electron chi connectivity index (χ0n) is 23.6. The number of rotatable bonds is 13. The lowest BCUT2D eigenvalue weighted by atomic mass is 9.73. The van der Waals surface area contributed by atoms with Crippen LogP contribution in [0.1, 0.15) is 55.1 Å². The first-order valence-electron chi connectivity index (χ1n) is 14.7. The first-order valence-corrected chi connectivity index (χ1v) is 14.7. The van der Waals surface area contributed by atoms with Crippen molar-refractivity contribution in [2.75, 3.05) is 0 Å². The Morgan fingerprint density at radius 1 is 0.700 bits per heavy atom. The quantitative estimate of drug-likeness (QED) is 0.156. The lowest BCUT2D eigenvalue weighted by Crippen LogP contribution is -2.49. The van der Waals surface area contributed by atoms with E-state index in [1.807, 2.05) is 0 Å². The highest BCUT2D eigenvalue weighted by Crippen LogP contribution is 2.38. The number of hydrogen-bond donors (Lipinski definition) is 1. The molecule has 5 rings (SSSR count). The molecule has 3 nitrogen and oxygen atoms in total. The smallest absolute Gasteiger partial charge is 0.130 e. The van der Waals surface area contributed by atoms with Gasteiger partial charge in [0.2, 0.25) is 0 Å². The average molecular weight is 528 g/mol. The van der Waals surface area contributed by atoms with E-state index >= 15 is 0 Å². The van der Waals surface area contributed by atoms with E-state index in [1.54, 1.807) is 0 Å². The third-order valence-corrected chi connectivity index (χ3v) is 8.01. The van der Waals surface area contributed by atoms with Crippen LogP contribution in [0, 0.1) is 5.92 Å². The molecule has 2 N–H and O–H groups in total. The number of aromatic nitrogens is 2. The zero-order chi connectivity index (χ0) is 27.6. The van der Waals surface area contributed by atoms with Crippen LogP contribution in [0.15, 0.2) is 128 Å². The summed E-state index contributed by atoms with van der Waals surface area (Å²) in [7, 11) is 0. The predicted molar refractivity (Wildman–Crippen MR) is 167 cm³/mol. The number of imidazole rings is 1. The second kappa shape index (κ2) is 13.4. The molecule has 0 aliphatic heterocycles. The Labute approximate surface area is 239 Å². The molecule has 0 bridgehead atoms. The van der Waals surface area contributed by atoms with Crippen molar-refractivity contribution in [2.24, 2.45) is 11.7 Å². The first kappa shape index (κ1) is 27.6. The maximum Gasteiger partial charge on any atom is 0.130 e. The highest BCUT2D eigenvalue weighted by molar-refractivity contribution is 5.58. The summed E-state index contributed by atoms with van der Waals surface area (Å²) in [6, 6.07) is 42.7. The minimum Gasteiger partial charge on any atom is -0.328 e. The number of unbranched alkanes of at least 4 members (excludes halogenated alkanes) is 2. The summed E-state index contributed by atoms with van der Waals surface area (Å²) in [6.07, 6.45) is 8.48. The molecule has 40 heavy (non-hydrogen) atoms. The largest absolute Gasteiger partial charge is 0.328 e. The van der Waals surface area contributed by atoms with E-state index in [0.717, 1.165) is 49.3 Å². The maximum atomic E-state index is 7.79. The van der Waals surface area contributed by atoms with Gasteiger partial charge in [-0.3, -0.25) is 0 Å². The Balaban J connectivity index is 1.65. The number of hydrogen-bond acceptors (Lipinski definition) is 2. The monoisotopic (exact) mass is 527 g/mol. The highest BCUT2D eigenvalue weighted by Gasteiger charge is 2.40. The number of nitrogens with two attached hydrogens (primary N) is 1. The second-order valence-corrected chi connectivity index (χ2v) is 11.0. The van der Waals surface area contributed by atoms with Crippen LogP contribution in [0.4, 0.5) is 0 Å². The van der Waals surface area contributed by atoms with Gasteiger partial charge in [-0.05, 0) is 41.9 Å². The van der Waals surface area contributed by atoms with Gasteiger partial charge < -0.3 is 10.3 Å². The van der Waals surface area contributed by atoms with Crippen molar-refractivity contribution >= 4 is 0 Å². The van der Waals surface area contributed by atoms with Crippen molar-refractivity contribution in [3.8, 4) is 11.3 Å². The molecule has 204 valence electrons. The van der Waals surface area contributed by atoms with E-state index < -0.39 is 5.54 Å². The summed E-state index contributed by atoms with van der Waals surface area (Å²) in [5.74, 6) is 1.19. The lowest BCUT2D eigenvalue weighted by molar-refractivity contribution is 0.227. The van der Waals surface area contributed by atoms with Gasteiger partial charge in [-0.25, -0.2) is 4.98 Å². The Kier molecular flexibility index (Phi) is 9.26. The van der Waals surface area contributed by atoms with Gasteiger partial charge in [0.25, 0.3) is 0 Å².